The summed E-state index contributed by atoms with van der Waals surface area (Å²) in [6, 6.07) is 15.0. The van der Waals surface area contributed by atoms with E-state index in [2.05, 4.69) is 5.32 Å². The van der Waals surface area contributed by atoms with E-state index in [0.717, 1.165) is 30.9 Å². The molecule has 0 aromatic heterocycles. The highest BCUT2D eigenvalue weighted by Crippen LogP contribution is 2.16. The van der Waals surface area contributed by atoms with Crippen LogP contribution in [-0.4, -0.2) is 38.4 Å². The number of carbonyl (C=O) groups is 1. The Morgan fingerprint density at radius 1 is 1.08 bits per heavy atom. The maximum atomic E-state index is 12.2. The number of amides is 1. The van der Waals surface area contributed by atoms with Crippen molar-refractivity contribution in [3.8, 4) is 11.5 Å². The number of hydrogen-bond donors (Lipinski definition) is 1. The van der Waals surface area contributed by atoms with E-state index in [1.807, 2.05) is 43.3 Å². The number of hydrogen-bond acceptors (Lipinski definition) is 4. The topological polar surface area (TPSA) is 56.8 Å². The molecule has 0 unspecified atom stereocenters. The maximum absolute atomic E-state index is 12.2. The van der Waals surface area contributed by atoms with Gasteiger partial charge in [-0.1, -0.05) is 17.7 Å². The van der Waals surface area contributed by atoms with Crippen LogP contribution < -0.4 is 14.8 Å². The van der Waals surface area contributed by atoms with Crippen LogP contribution in [0.3, 0.4) is 0 Å². The lowest BCUT2D eigenvalue weighted by Crippen LogP contribution is -2.28. The first-order valence-corrected chi connectivity index (χ1v) is 9.03. The van der Waals surface area contributed by atoms with Gasteiger partial charge in [0, 0.05) is 12.2 Å². The van der Waals surface area contributed by atoms with E-state index in [-0.39, 0.29) is 12.0 Å². The number of ether oxygens (including phenoxy) is 3. The van der Waals surface area contributed by atoms with Crippen LogP contribution in [0.5, 0.6) is 11.5 Å². The Labute approximate surface area is 154 Å². The predicted molar refractivity (Wildman–Crippen MR) is 99.9 cm³/mol. The van der Waals surface area contributed by atoms with Crippen LogP contribution >= 0.6 is 0 Å². The van der Waals surface area contributed by atoms with Crippen LogP contribution in [0.25, 0.3) is 0 Å². The van der Waals surface area contributed by atoms with E-state index < -0.39 is 0 Å². The van der Waals surface area contributed by atoms with Gasteiger partial charge in [-0.05, 0) is 56.2 Å². The molecule has 5 heteroatoms. The molecule has 0 radical (unpaired) electrons. The molecule has 0 spiro atoms. The monoisotopic (exact) mass is 355 g/mol. The van der Waals surface area contributed by atoms with Gasteiger partial charge in [-0.25, -0.2) is 0 Å². The molecule has 2 aromatic carbocycles. The highest BCUT2D eigenvalue weighted by molar-refractivity contribution is 5.94. The Balaban J connectivity index is 1.37. The quantitative estimate of drug-likeness (QED) is 0.738. The SMILES string of the molecule is Cc1ccc(OCCNC(=O)c2ccc(OC[C@@H]3CCCO3)cc2)cc1. The van der Waals surface area contributed by atoms with Gasteiger partial charge in [0.15, 0.2) is 0 Å². The van der Waals surface area contributed by atoms with Crippen LogP contribution in [0, 0.1) is 6.92 Å². The lowest BCUT2D eigenvalue weighted by Gasteiger charge is -2.12. The highest BCUT2D eigenvalue weighted by Gasteiger charge is 2.16. The molecule has 1 aliphatic heterocycles. The van der Waals surface area contributed by atoms with E-state index in [0.29, 0.717) is 25.3 Å². The molecule has 5 nitrogen and oxygen atoms in total. The minimum absolute atomic E-state index is 0.122. The summed E-state index contributed by atoms with van der Waals surface area (Å²) in [5.41, 5.74) is 1.79. The van der Waals surface area contributed by atoms with Gasteiger partial charge in [0.05, 0.1) is 12.6 Å². The second kappa shape index (κ2) is 9.25. The summed E-state index contributed by atoms with van der Waals surface area (Å²) in [7, 11) is 0. The highest BCUT2D eigenvalue weighted by atomic mass is 16.5. The van der Waals surface area contributed by atoms with E-state index >= 15 is 0 Å². The first-order chi connectivity index (χ1) is 12.7. The third-order valence-corrected chi connectivity index (χ3v) is 4.25. The molecule has 1 aliphatic rings. The minimum atomic E-state index is -0.122. The Morgan fingerprint density at radius 2 is 1.77 bits per heavy atom. The summed E-state index contributed by atoms with van der Waals surface area (Å²) in [4.78, 5) is 12.2. The second-order valence-electron chi connectivity index (χ2n) is 6.39. The number of carbonyl (C=O) groups excluding carboxylic acids is 1. The van der Waals surface area contributed by atoms with Crippen molar-refractivity contribution < 1.29 is 19.0 Å². The van der Waals surface area contributed by atoms with Crippen molar-refractivity contribution in [1.29, 1.82) is 0 Å². The molecule has 1 N–H and O–H groups in total. The maximum Gasteiger partial charge on any atom is 0.251 e. The minimum Gasteiger partial charge on any atom is -0.492 e. The van der Waals surface area contributed by atoms with Crippen molar-refractivity contribution >= 4 is 5.91 Å². The van der Waals surface area contributed by atoms with Crippen molar-refractivity contribution in [3.05, 3.63) is 59.7 Å². The van der Waals surface area contributed by atoms with Crippen molar-refractivity contribution in [2.45, 2.75) is 25.9 Å². The Kier molecular flexibility index (Phi) is 6.50. The molecule has 3 rings (SSSR count). The summed E-state index contributed by atoms with van der Waals surface area (Å²) in [6.45, 7) is 4.28. The van der Waals surface area contributed by atoms with Crippen molar-refractivity contribution in [2.75, 3.05) is 26.4 Å². The fourth-order valence-corrected chi connectivity index (χ4v) is 2.74. The number of rotatable bonds is 8. The fraction of sp³-hybridized carbons (Fsp3) is 0.381. The second-order valence-corrected chi connectivity index (χ2v) is 6.39. The zero-order valence-electron chi connectivity index (χ0n) is 15.1. The van der Waals surface area contributed by atoms with Gasteiger partial charge in [0.25, 0.3) is 5.91 Å². The van der Waals surface area contributed by atoms with Crippen LogP contribution in [-0.2, 0) is 4.74 Å². The van der Waals surface area contributed by atoms with Gasteiger partial charge in [-0.15, -0.1) is 0 Å². The first-order valence-electron chi connectivity index (χ1n) is 9.03. The summed E-state index contributed by atoms with van der Waals surface area (Å²) < 4.78 is 16.8. The van der Waals surface area contributed by atoms with Crippen molar-refractivity contribution in [1.82, 2.24) is 5.32 Å². The molecule has 1 heterocycles. The molecule has 0 bridgehead atoms. The molecule has 1 amide bonds. The van der Waals surface area contributed by atoms with Gasteiger partial charge in [-0.3, -0.25) is 4.79 Å². The molecular weight excluding hydrogens is 330 g/mol. The molecular formula is C21H25NO4. The predicted octanol–water partition coefficient (Wildman–Crippen LogP) is 3.36. The Morgan fingerprint density at radius 3 is 2.46 bits per heavy atom. The van der Waals surface area contributed by atoms with Crippen LogP contribution in [0.4, 0.5) is 0 Å². The summed E-state index contributed by atoms with van der Waals surface area (Å²) in [5, 5.41) is 2.85. The summed E-state index contributed by atoms with van der Waals surface area (Å²) in [5.74, 6) is 1.43. The van der Waals surface area contributed by atoms with Gasteiger partial charge in [0.2, 0.25) is 0 Å². The zero-order valence-corrected chi connectivity index (χ0v) is 15.1. The first kappa shape index (κ1) is 18.3. The molecule has 138 valence electrons. The van der Waals surface area contributed by atoms with Crippen LogP contribution in [0.15, 0.2) is 48.5 Å². The third kappa shape index (κ3) is 5.49. The number of aryl methyl sites for hydroxylation is 1. The van der Waals surface area contributed by atoms with Gasteiger partial charge < -0.3 is 19.5 Å². The lowest BCUT2D eigenvalue weighted by molar-refractivity contribution is 0.0679. The van der Waals surface area contributed by atoms with Gasteiger partial charge >= 0.3 is 0 Å². The smallest absolute Gasteiger partial charge is 0.251 e. The largest absolute Gasteiger partial charge is 0.492 e. The molecule has 0 aliphatic carbocycles. The molecule has 1 fully saturated rings. The van der Waals surface area contributed by atoms with Crippen LogP contribution in [0.2, 0.25) is 0 Å². The zero-order chi connectivity index (χ0) is 18.2. The van der Waals surface area contributed by atoms with E-state index in [4.69, 9.17) is 14.2 Å². The third-order valence-electron chi connectivity index (χ3n) is 4.25. The Bertz CT molecular complexity index is 691. The standard InChI is InChI=1S/C21H25NO4/c1-16-4-8-18(9-5-16)25-14-12-22-21(23)17-6-10-19(11-7-17)26-15-20-3-2-13-24-20/h4-11,20H,2-3,12-15H2,1H3,(H,22,23)/t20-/m0/s1. The average Bonchev–Trinajstić information content (AvgIpc) is 3.19. The molecule has 1 saturated heterocycles. The average molecular weight is 355 g/mol. The molecule has 2 aromatic rings. The molecule has 1 atom stereocenters. The molecule has 26 heavy (non-hydrogen) atoms. The van der Waals surface area contributed by atoms with E-state index in [1.54, 1.807) is 12.1 Å². The van der Waals surface area contributed by atoms with Crippen molar-refractivity contribution in [2.24, 2.45) is 0 Å². The number of benzene rings is 2. The van der Waals surface area contributed by atoms with E-state index in [1.165, 1.54) is 5.56 Å². The summed E-state index contributed by atoms with van der Waals surface area (Å²) in [6.07, 6.45) is 2.33. The summed E-state index contributed by atoms with van der Waals surface area (Å²) >= 11 is 0. The van der Waals surface area contributed by atoms with Crippen molar-refractivity contribution in [3.63, 3.8) is 0 Å². The lowest BCUT2D eigenvalue weighted by atomic mass is 10.2. The molecule has 0 saturated carbocycles. The normalized spacial score (nSPS) is 16.3. The Hall–Kier alpha value is -2.53. The fourth-order valence-electron chi connectivity index (χ4n) is 2.74. The van der Waals surface area contributed by atoms with Crippen LogP contribution in [0.1, 0.15) is 28.8 Å². The van der Waals surface area contributed by atoms with E-state index in [9.17, 15) is 4.79 Å². The van der Waals surface area contributed by atoms with Gasteiger partial charge in [0.1, 0.15) is 24.7 Å². The van der Waals surface area contributed by atoms with Gasteiger partial charge in [-0.2, -0.15) is 0 Å². The number of nitrogens with one attached hydrogen (secondary N) is 1.